The van der Waals surface area contributed by atoms with Crippen LogP contribution in [-0.4, -0.2) is 54.2 Å². The number of benzene rings is 2. The zero-order valence-electron chi connectivity index (χ0n) is 22.2. The van der Waals surface area contributed by atoms with E-state index in [2.05, 4.69) is 16.3 Å². The van der Waals surface area contributed by atoms with Gasteiger partial charge in [0.1, 0.15) is 11.4 Å². The van der Waals surface area contributed by atoms with Crippen molar-refractivity contribution in [2.24, 2.45) is 5.92 Å². The molecule has 8 nitrogen and oxygen atoms in total. The summed E-state index contributed by atoms with van der Waals surface area (Å²) >= 11 is 0. The van der Waals surface area contributed by atoms with Crippen molar-refractivity contribution in [2.45, 2.75) is 50.0 Å². The van der Waals surface area contributed by atoms with E-state index in [1.54, 1.807) is 16.8 Å². The lowest BCUT2D eigenvalue weighted by Crippen LogP contribution is -2.42. The van der Waals surface area contributed by atoms with E-state index in [-0.39, 0.29) is 35.1 Å². The molecule has 40 heavy (non-hydrogen) atoms. The van der Waals surface area contributed by atoms with Crippen LogP contribution in [0.15, 0.2) is 54.7 Å². The van der Waals surface area contributed by atoms with E-state index < -0.39 is 15.4 Å². The lowest BCUT2D eigenvalue weighted by atomic mass is 9.75. The van der Waals surface area contributed by atoms with Gasteiger partial charge in [0, 0.05) is 42.4 Å². The van der Waals surface area contributed by atoms with Crippen LogP contribution in [0.1, 0.15) is 50.1 Å². The molecule has 0 radical (unpaired) electrons. The highest BCUT2D eigenvalue weighted by atomic mass is 32.2. The van der Waals surface area contributed by atoms with Crippen LogP contribution in [0.4, 0.5) is 10.1 Å². The van der Waals surface area contributed by atoms with Gasteiger partial charge < -0.3 is 10.2 Å². The summed E-state index contributed by atoms with van der Waals surface area (Å²) in [5, 5.41) is 17.5. The second kappa shape index (κ2) is 10.4. The molecule has 0 spiro atoms. The Kier molecular flexibility index (Phi) is 6.87. The maximum absolute atomic E-state index is 13.7. The third-order valence-corrected chi connectivity index (χ3v) is 10.1. The number of nitrogens with one attached hydrogen (secondary N) is 1. The van der Waals surface area contributed by atoms with E-state index in [9.17, 15) is 22.9 Å². The summed E-state index contributed by atoms with van der Waals surface area (Å²) in [7, 11) is -2.97. The standard InChI is InChI=1S/C30H32FN5O3S/c31-22-7-11-24(12-8-22)36-19-27(21-5-9-23(10-6-21)35-15-17-40(38,39)18-16-35)28(34-36)25-3-1-2-4-26(25)29(37)33-30(20-32)13-14-30/h5-12,19,25-26H,1-4,13-18H2,(H,33,37)/t25-,26-/m1/s1. The van der Waals surface area contributed by atoms with Gasteiger partial charge in [-0.15, -0.1) is 0 Å². The molecule has 208 valence electrons. The molecular formula is C30H32FN5O3S. The molecule has 3 fully saturated rings. The Balaban J connectivity index is 1.35. The predicted molar refractivity (Wildman–Crippen MR) is 150 cm³/mol. The van der Waals surface area contributed by atoms with E-state index in [4.69, 9.17) is 5.10 Å². The Morgan fingerprint density at radius 1 is 1.00 bits per heavy atom. The van der Waals surface area contributed by atoms with E-state index in [1.807, 2.05) is 30.5 Å². The molecule has 2 aliphatic carbocycles. The number of anilines is 1. The van der Waals surface area contributed by atoms with Gasteiger partial charge in [-0.05, 0) is 67.6 Å². The van der Waals surface area contributed by atoms with Crippen molar-refractivity contribution in [1.29, 1.82) is 5.26 Å². The molecule has 1 amide bonds. The van der Waals surface area contributed by atoms with Crippen LogP contribution in [0.25, 0.3) is 16.8 Å². The van der Waals surface area contributed by atoms with Crippen molar-refractivity contribution in [1.82, 2.24) is 15.1 Å². The zero-order valence-corrected chi connectivity index (χ0v) is 23.0. The number of carbonyl (C=O) groups excluding carboxylic acids is 1. The lowest BCUT2D eigenvalue weighted by Gasteiger charge is -2.31. The first-order valence-corrected chi connectivity index (χ1v) is 15.7. The molecule has 2 atom stereocenters. The molecule has 1 N–H and O–H groups in total. The molecule has 1 aliphatic heterocycles. The fourth-order valence-corrected chi connectivity index (χ4v) is 7.12. The number of amides is 1. The summed E-state index contributed by atoms with van der Waals surface area (Å²) in [6.07, 6.45) is 6.79. The molecular weight excluding hydrogens is 529 g/mol. The van der Waals surface area contributed by atoms with Crippen LogP contribution in [0.2, 0.25) is 0 Å². The molecule has 1 saturated heterocycles. The molecule has 0 unspecified atom stereocenters. The Bertz CT molecular complexity index is 1540. The Hall–Kier alpha value is -3.71. The number of rotatable bonds is 6. The van der Waals surface area contributed by atoms with Crippen molar-refractivity contribution in [3.05, 3.63) is 66.2 Å². The van der Waals surface area contributed by atoms with Crippen LogP contribution in [0.3, 0.4) is 0 Å². The summed E-state index contributed by atoms with van der Waals surface area (Å²) in [5.74, 6) is -0.505. The zero-order chi connectivity index (χ0) is 27.9. The van der Waals surface area contributed by atoms with E-state index in [0.717, 1.165) is 53.9 Å². The van der Waals surface area contributed by atoms with Crippen LogP contribution >= 0.6 is 0 Å². The molecule has 10 heteroatoms. The third-order valence-electron chi connectivity index (χ3n) is 8.50. The first-order chi connectivity index (χ1) is 19.3. The third kappa shape index (κ3) is 5.35. The van der Waals surface area contributed by atoms with Crippen molar-refractivity contribution < 1.29 is 17.6 Å². The summed E-state index contributed by atoms with van der Waals surface area (Å²) in [6.45, 7) is 0.941. The van der Waals surface area contributed by atoms with E-state index >= 15 is 0 Å². The van der Waals surface area contributed by atoms with Gasteiger partial charge in [0.05, 0.1) is 29.0 Å². The highest BCUT2D eigenvalue weighted by molar-refractivity contribution is 7.91. The average Bonchev–Trinajstić information content (AvgIpc) is 3.60. The van der Waals surface area contributed by atoms with Crippen molar-refractivity contribution in [3.63, 3.8) is 0 Å². The highest BCUT2D eigenvalue weighted by Crippen LogP contribution is 2.43. The Morgan fingerprint density at radius 2 is 1.65 bits per heavy atom. The minimum absolute atomic E-state index is 0.0820. The molecule has 1 aromatic heterocycles. The number of hydrogen-bond donors (Lipinski definition) is 1. The first-order valence-electron chi connectivity index (χ1n) is 13.9. The quantitative estimate of drug-likeness (QED) is 0.479. The van der Waals surface area contributed by atoms with E-state index in [0.29, 0.717) is 25.9 Å². The topological polar surface area (TPSA) is 108 Å². The van der Waals surface area contributed by atoms with Crippen molar-refractivity contribution >= 4 is 21.4 Å². The van der Waals surface area contributed by atoms with Gasteiger partial charge in [0.25, 0.3) is 0 Å². The average molecular weight is 562 g/mol. The number of sulfone groups is 1. The lowest BCUT2D eigenvalue weighted by molar-refractivity contribution is -0.127. The van der Waals surface area contributed by atoms with Gasteiger partial charge in [-0.2, -0.15) is 10.4 Å². The van der Waals surface area contributed by atoms with Gasteiger partial charge >= 0.3 is 0 Å². The Labute approximate surface area is 233 Å². The number of aromatic nitrogens is 2. The molecule has 3 aliphatic rings. The molecule has 6 rings (SSSR count). The molecule has 0 bridgehead atoms. The number of hydrogen-bond acceptors (Lipinski definition) is 6. The molecule has 3 aromatic rings. The van der Waals surface area contributed by atoms with E-state index in [1.165, 1.54) is 12.1 Å². The normalized spacial score (nSPS) is 23.2. The molecule has 2 heterocycles. The Morgan fingerprint density at radius 3 is 2.30 bits per heavy atom. The summed E-state index contributed by atoms with van der Waals surface area (Å²) < 4.78 is 39.1. The SMILES string of the molecule is N#CC1(NC(=O)[C@@H]2CCCC[C@H]2c2nn(-c3ccc(F)cc3)cc2-c2ccc(N3CCS(=O)(=O)CC3)cc2)CC1. The first kappa shape index (κ1) is 26.5. The largest absolute Gasteiger partial charge is 0.369 e. The van der Waals surface area contributed by atoms with Crippen LogP contribution < -0.4 is 10.2 Å². The summed E-state index contributed by atoms with van der Waals surface area (Å²) in [5.41, 5.74) is 3.63. The second-order valence-electron chi connectivity index (χ2n) is 11.2. The maximum atomic E-state index is 13.7. The van der Waals surface area contributed by atoms with Crippen molar-refractivity contribution in [3.8, 4) is 22.9 Å². The minimum Gasteiger partial charge on any atom is -0.369 e. The van der Waals surface area contributed by atoms with Gasteiger partial charge in [0.2, 0.25) is 5.91 Å². The number of carbonyl (C=O) groups is 1. The number of halogens is 1. The number of nitrogens with zero attached hydrogens (tertiary/aromatic N) is 4. The fourth-order valence-electron chi connectivity index (χ4n) is 5.92. The minimum atomic E-state index is -2.97. The molecule has 2 saturated carbocycles. The van der Waals surface area contributed by atoms with Gasteiger partial charge in [-0.1, -0.05) is 25.0 Å². The van der Waals surface area contributed by atoms with Gasteiger partial charge in [-0.25, -0.2) is 17.5 Å². The summed E-state index contributed by atoms with van der Waals surface area (Å²) in [4.78, 5) is 15.5. The fraction of sp³-hybridized carbons (Fsp3) is 0.433. The van der Waals surface area contributed by atoms with Crippen LogP contribution in [-0.2, 0) is 14.6 Å². The molecule has 2 aromatic carbocycles. The highest BCUT2D eigenvalue weighted by Gasteiger charge is 2.47. The van der Waals surface area contributed by atoms with Gasteiger partial charge in [0.15, 0.2) is 9.84 Å². The van der Waals surface area contributed by atoms with Crippen LogP contribution in [0, 0.1) is 23.1 Å². The monoisotopic (exact) mass is 561 g/mol. The predicted octanol–water partition coefficient (Wildman–Crippen LogP) is 4.36. The smallest absolute Gasteiger partial charge is 0.225 e. The second-order valence-corrected chi connectivity index (χ2v) is 13.5. The van der Waals surface area contributed by atoms with Gasteiger partial charge in [-0.3, -0.25) is 4.79 Å². The number of nitriles is 1. The van der Waals surface area contributed by atoms with Crippen molar-refractivity contribution in [2.75, 3.05) is 29.5 Å². The van der Waals surface area contributed by atoms with Crippen LogP contribution in [0.5, 0.6) is 0 Å². The maximum Gasteiger partial charge on any atom is 0.225 e. The summed E-state index contributed by atoms with van der Waals surface area (Å²) in [6, 6.07) is 16.5.